The molecule has 1 aliphatic heterocycles. The fourth-order valence-corrected chi connectivity index (χ4v) is 5.29. The second kappa shape index (κ2) is 11.1. The molecule has 4 aromatic rings. The van der Waals surface area contributed by atoms with Crippen LogP contribution in [-0.2, 0) is 25.5 Å². The van der Waals surface area contributed by atoms with Crippen molar-refractivity contribution in [3.63, 3.8) is 0 Å². The van der Waals surface area contributed by atoms with E-state index in [1.807, 2.05) is 24.3 Å². The second-order valence-electron chi connectivity index (χ2n) is 9.35. The van der Waals surface area contributed by atoms with Crippen molar-refractivity contribution in [2.45, 2.75) is 31.1 Å². The minimum Gasteiger partial charge on any atom is -0.480 e. The van der Waals surface area contributed by atoms with Crippen molar-refractivity contribution in [3.05, 3.63) is 99.7 Å². The summed E-state index contributed by atoms with van der Waals surface area (Å²) < 4.78 is 6.27. The van der Waals surface area contributed by atoms with Gasteiger partial charge in [0.1, 0.15) is 18.2 Å². The number of carbonyl (C=O) groups excluding carboxylic acids is 2. The van der Waals surface area contributed by atoms with Crippen LogP contribution in [0.2, 0.25) is 10.0 Å². The fourth-order valence-electron chi connectivity index (χ4n) is 4.88. The van der Waals surface area contributed by atoms with Crippen molar-refractivity contribution < 1.29 is 24.2 Å². The first-order valence-corrected chi connectivity index (χ1v) is 13.0. The lowest BCUT2D eigenvalue weighted by atomic mass is 9.99. The summed E-state index contributed by atoms with van der Waals surface area (Å²) in [6.07, 6.45) is -0.582. The van der Waals surface area contributed by atoms with Crippen LogP contribution < -0.4 is 10.2 Å². The molecule has 10 heteroatoms. The molecule has 0 aliphatic carbocycles. The maximum Gasteiger partial charge on any atom is 0.326 e. The van der Waals surface area contributed by atoms with E-state index in [9.17, 15) is 19.5 Å². The van der Waals surface area contributed by atoms with Gasteiger partial charge in [-0.3, -0.25) is 9.59 Å². The molecule has 5 rings (SSSR count). The van der Waals surface area contributed by atoms with Gasteiger partial charge in [-0.25, -0.2) is 4.79 Å². The van der Waals surface area contributed by atoms with Gasteiger partial charge in [-0.1, -0.05) is 59.6 Å². The highest BCUT2D eigenvalue weighted by Gasteiger charge is 2.37. The van der Waals surface area contributed by atoms with Crippen LogP contribution in [0.4, 0.5) is 5.69 Å². The molecule has 0 spiro atoms. The summed E-state index contributed by atoms with van der Waals surface area (Å²) in [5, 5.41) is 14.2. The average Bonchev–Trinajstić information content (AvgIpc) is 3.29. The number of nitrogens with one attached hydrogen (secondary N) is 2. The predicted octanol–water partition coefficient (Wildman–Crippen LogP) is 5.13. The maximum atomic E-state index is 13.4. The summed E-state index contributed by atoms with van der Waals surface area (Å²) in [7, 11) is 1.59. The Labute approximate surface area is 234 Å². The molecule has 0 saturated carbocycles. The van der Waals surface area contributed by atoms with E-state index in [2.05, 4.69) is 10.3 Å². The largest absolute Gasteiger partial charge is 0.480 e. The van der Waals surface area contributed by atoms with Crippen molar-refractivity contribution >= 4 is 57.6 Å². The first-order valence-electron chi connectivity index (χ1n) is 12.3. The van der Waals surface area contributed by atoms with Crippen molar-refractivity contribution in [1.82, 2.24) is 10.3 Å². The van der Waals surface area contributed by atoms with Gasteiger partial charge in [0.15, 0.2) is 0 Å². The summed E-state index contributed by atoms with van der Waals surface area (Å²) in [6.45, 7) is 0. The number of carboxylic acid groups (broad SMARTS) is 1. The number of fused-ring (bicyclic) bond motifs is 2. The minimum atomic E-state index is -1.20. The number of hydrogen-bond donors (Lipinski definition) is 3. The average molecular weight is 566 g/mol. The molecule has 0 saturated heterocycles. The number of hydrogen-bond acceptors (Lipinski definition) is 4. The molecule has 0 bridgehead atoms. The molecule has 1 aromatic heterocycles. The molecule has 8 nitrogen and oxygen atoms in total. The Balaban J connectivity index is 1.40. The minimum absolute atomic E-state index is 0.0661. The zero-order chi connectivity index (χ0) is 27.7. The van der Waals surface area contributed by atoms with E-state index < -0.39 is 36.0 Å². The Bertz CT molecular complexity index is 1570. The second-order valence-corrected chi connectivity index (χ2v) is 10.2. The van der Waals surface area contributed by atoms with E-state index in [0.29, 0.717) is 26.9 Å². The third-order valence-corrected chi connectivity index (χ3v) is 7.41. The zero-order valence-corrected chi connectivity index (χ0v) is 22.4. The Hall–Kier alpha value is -3.85. The molecule has 0 radical (unpaired) electrons. The van der Waals surface area contributed by atoms with Crippen LogP contribution in [0.5, 0.6) is 0 Å². The molecule has 1 aliphatic rings. The molecular weight excluding hydrogens is 541 g/mol. The maximum absolute atomic E-state index is 13.4. The highest BCUT2D eigenvalue weighted by molar-refractivity contribution is 6.31. The van der Waals surface area contributed by atoms with Crippen LogP contribution in [0.15, 0.2) is 72.9 Å². The molecule has 3 N–H and O–H groups in total. The molecule has 2 heterocycles. The van der Waals surface area contributed by atoms with Gasteiger partial charge in [0.05, 0.1) is 6.42 Å². The van der Waals surface area contributed by atoms with Crippen molar-refractivity contribution in [2.24, 2.45) is 0 Å². The highest BCUT2D eigenvalue weighted by atomic mass is 35.5. The molecule has 2 unspecified atom stereocenters. The van der Waals surface area contributed by atoms with Gasteiger partial charge in [-0.2, -0.15) is 0 Å². The Morgan fingerprint density at radius 2 is 1.82 bits per heavy atom. The van der Waals surface area contributed by atoms with Gasteiger partial charge in [-0.15, -0.1) is 0 Å². The summed E-state index contributed by atoms with van der Waals surface area (Å²) in [4.78, 5) is 43.2. The summed E-state index contributed by atoms with van der Waals surface area (Å²) >= 11 is 12.8. The number of anilines is 1. The van der Waals surface area contributed by atoms with Gasteiger partial charge in [0.2, 0.25) is 5.91 Å². The number of para-hydroxylation sites is 1. The van der Waals surface area contributed by atoms with Crippen LogP contribution in [-0.4, -0.2) is 47.1 Å². The normalized spacial score (nSPS) is 17.9. The van der Waals surface area contributed by atoms with Crippen LogP contribution in [0.3, 0.4) is 0 Å². The lowest BCUT2D eigenvalue weighted by molar-refractivity contribution is -0.143. The van der Waals surface area contributed by atoms with Crippen molar-refractivity contribution in [2.75, 3.05) is 11.9 Å². The molecular formula is C29H25Cl2N3O5. The Morgan fingerprint density at radius 1 is 1.08 bits per heavy atom. The third kappa shape index (κ3) is 5.49. The number of aliphatic carboxylic acids is 1. The van der Waals surface area contributed by atoms with Gasteiger partial charge < -0.3 is 25.0 Å². The first kappa shape index (κ1) is 26.7. The van der Waals surface area contributed by atoms with Crippen LogP contribution in [0, 0.1) is 0 Å². The molecule has 3 atom stereocenters. The van der Waals surface area contributed by atoms with Crippen LogP contribution >= 0.6 is 23.2 Å². The van der Waals surface area contributed by atoms with E-state index in [-0.39, 0.29) is 12.8 Å². The van der Waals surface area contributed by atoms with E-state index in [1.54, 1.807) is 55.7 Å². The van der Waals surface area contributed by atoms with E-state index in [1.165, 1.54) is 4.90 Å². The standard InChI is InChI=1S/C29H25Cl2N3O5/c1-34-24-11-10-17(30)13-20(24)27(19-7-2-4-8-21(19)31)39-25(28(34)36)14-26(35)33-23(29(37)38)12-16-15-32-22-9-5-3-6-18(16)22/h2-11,13,15,23,25,27,32H,12,14H2,1H3,(H,33,35)(H,37,38)/t23-,25?,27?/m0/s1. The molecule has 39 heavy (non-hydrogen) atoms. The molecule has 3 aromatic carbocycles. The van der Waals surface area contributed by atoms with Crippen LogP contribution in [0.25, 0.3) is 10.9 Å². The SMILES string of the molecule is CN1C(=O)C(CC(=O)N[C@@H](Cc2c[nH]c3ccccc23)C(=O)O)OC(c2ccccc2Cl)c2cc(Cl)ccc21. The number of H-pyrrole nitrogens is 1. The number of carboxylic acids is 1. The number of nitrogens with zero attached hydrogens (tertiary/aromatic N) is 1. The smallest absolute Gasteiger partial charge is 0.326 e. The summed E-state index contributed by atoms with van der Waals surface area (Å²) in [5.74, 6) is -2.27. The number of benzene rings is 3. The zero-order valence-electron chi connectivity index (χ0n) is 20.9. The highest BCUT2D eigenvalue weighted by Crippen LogP contribution is 2.41. The van der Waals surface area contributed by atoms with E-state index in [0.717, 1.165) is 16.5 Å². The van der Waals surface area contributed by atoms with Gasteiger partial charge in [0.25, 0.3) is 5.91 Å². The van der Waals surface area contributed by atoms with E-state index >= 15 is 0 Å². The lowest BCUT2D eigenvalue weighted by Gasteiger charge is -2.23. The monoisotopic (exact) mass is 565 g/mol. The van der Waals surface area contributed by atoms with Crippen LogP contribution in [0.1, 0.15) is 29.2 Å². The van der Waals surface area contributed by atoms with Gasteiger partial charge >= 0.3 is 5.97 Å². The number of rotatable bonds is 7. The Kier molecular flexibility index (Phi) is 7.61. The molecule has 2 amide bonds. The number of carbonyl (C=O) groups is 3. The van der Waals surface area contributed by atoms with Gasteiger partial charge in [-0.05, 0) is 35.9 Å². The lowest BCUT2D eigenvalue weighted by Crippen LogP contribution is -2.45. The third-order valence-electron chi connectivity index (χ3n) is 6.83. The Morgan fingerprint density at radius 3 is 2.59 bits per heavy atom. The fraction of sp³-hybridized carbons (Fsp3) is 0.207. The number of likely N-dealkylation sites (N-methyl/N-ethyl adjacent to an activating group) is 1. The van der Waals surface area contributed by atoms with E-state index in [4.69, 9.17) is 27.9 Å². The topological polar surface area (TPSA) is 112 Å². The van der Waals surface area contributed by atoms with Crippen molar-refractivity contribution in [3.8, 4) is 0 Å². The number of aromatic nitrogens is 1. The summed E-state index contributed by atoms with van der Waals surface area (Å²) in [6, 6.07) is 18.5. The number of halogens is 2. The van der Waals surface area contributed by atoms with Gasteiger partial charge in [0, 0.05) is 57.4 Å². The first-order chi connectivity index (χ1) is 18.7. The van der Waals surface area contributed by atoms with Crippen molar-refractivity contribution in [1.29, 1.82) is 0 Å². The number of ether oxygens (including phenoxy) is 1. The number of amides is 2. The molecule has 0 fully saturated rings. The number of aromatic amines is 1. The predicted molar refractivity (Wildman–Crippen MR) is 149 cm³/mol. The molecule has 200 valence electrons. The quantitative estimate of drug-likeness (QED) is 0.287. The summed E-state index contributed by atoms with van der Waals surface area (Å²) in [5.41, 5.74) is 3.43.